The molecule has 0 radical (unpaired) electrons. The summed E-state index contributed by atoms with van der Waals surface area (Å²) in [4.78, 5) is 26.5. The molecule has 0 spiro atoms. The fourth-order valence-corrected chi connectivity index (χ4v) is 2.14. The number of carbonyl (C=O) groups excluding carboxylic acids is 1. The standard InChI is InChI=1S/C12H23N3O3/c1-4-15-7-5-10(6-8-15)14(3)12(18)13-9(2)11(16)17/h9-10H,4-8H2,1-3H3,(H,13,18)(H,16,17). The number of carboxylic acids is 1. The minimum absolute atomic E-state index is 0.203. The molecule has 0 bridgehead atoms. The molecule has 2 N–H and O–H groups in total. The van der Waals surface area contributed by atoms with Gasteiger partial charge in [0.05, 0.1) is 0 Å². The van der Waals surface area contributed by atoms with Crippen molar-refractivity contribution < 1.29 is 14.7 Å². The number of carboxylic acid groups (broad SMARTS) is 1. The Morgan fingerprint density at radius 1 is 1.44 bits per heavy atom. The Labute approximate surface area is 108 Å². The zero-order valence-corrected chi connectivity index (χ0v) is 11.3. The lowest BCUT2D eigenvalue weighted by atomic mass is 10.0. The second-order valence-electron chi connectivity index (χ2n) is 4.79. The van der Waals surface area contributed by atoms with E-state index >= 15 is 0 Å². The first-order valence-corrected chi connectivity index (χ1v) is 6.44. The van der Waals surface area contributed by atoms with Crippen molar-refractivity contribution in [3.63, 3.8) is 0 Å². The van der Waals surface area contributed by atoms with Crippen LogP contribution in [-0.2, 0) is 4.79 Å². The predicted molar refractivity (Wildman–Crippen MR) is 68.5 cm³/mol. The molecule has 0 aromatic rings. The van der Waals surface area contributed by atoms with Crippen LogP contribution in [0.15, 0.2) is 0 Å². The number of rotatable bonds is 4. The van der Waals surface area contributed by atoms with Gasteiger partial charge in [0.25, 0.3) is 0 Å². The van der Waals surface area contributed by atoms with E-state index in [2.05, 4.69) is 17.1 Å². The van der Waals surface area contributed by atoms with Crippen LogP contribution in [0.3, 0.4) is 0 Å². The number of aliphatic carboxylic acids is 1. The third-order valence-electron chi connectivity index (χ3n) is 3.58. The van der Waals surface area contributed by atoms with Crippen LogP contribution in [0.4, 0.5) is 4.79 Å². The van der Waals surface area contributed by atoms with Crippen molar-refractivity contribution in [1.29, 1.82) is 0 Å². The van der Waals surface area contributed by atoms with E-state index in [1.807, 2.05) is 0 Å². The maximum absolute atomic E-state index is 11.8. The zero-order valence-electron chi connectivity index (χ0n) is 11.3. The number of nitrogens with one attached hydrogen (secondary N) is 1. The fraction of sp³-hybridized carbons (Fsp3) is 0.833. The Kier molecular flexibility index (Phi) is 5.40. The van der Waals surface area contributed by atoms with Crippen molar-refractivity contribution >= 4 is 12.0 Å². The van der Waals surface area contributed by atoms with Crippen molar-refractivity contribution in [2.75, 3.05) is 26.7 Å². The summed E-state index contributed by atoms with van der Waals surface area (Å²) in [6, 6.07) is -0.954. The van der Waals surface area contributed by atoms with Gasteiger partial charge in [-0.2, -0.15) is 0 Å². The Hall–Kier alpha value is -1.30. The molecule has 1 heterocycles. The number of nitrogens with zero attached hydrogens (tertiary/aromatic N) is 2. The van der Waals surface area contributed by atoms with Crippen LogP contribution in [0.2, 0.25) is 0 Å². The topological polar surface area (TPSA) is 72.9 Å². The predicted octanol–water partition coefficient (Wildman–Crippen LogP) is 0.585. The van der Waals surface area contributed by atoms with Gasteiger partial charge in [0.15, 0.2) is 0 Å². The second-order valence-corrected chi connectivity index (χ2v) is 4.79. The summed E-state index contributed by atoms with van der Waals surface area (Å²) in [5.41, 5.74) is 0. The first-order chi connectivity index (χ1) is 8.45. The van der Waals surface area contributed by atoms with E-state index in [-0.39, 0.29) is 12.1 Å². The minimum atomic E-state index is -1.02. The van der Waals surface area contributed by atoms with Crippen molar-refractivity contribution in [3.05, 3.63) is 0 Å². The molecule has 1 fully saturated rings. The average Bonchev–Trinajstić information content (AvgIpc) is 2.37. The molecule has 1 atom stereocenters. The molecule has 1 aliphatic heterocycles. The molecule has 6 heteroatoms. The summed E-state index contributed by atoms with van der Waals surface area (Å²) in [6.07, 6.45) is 1.89. The molecule has 0 saturated carbocycles. The van der Waals surface area contributed by atoms with E-state index in [4.69, 9.17) is 5.11 Å². The lowest BCUT2D eigenvalue weighted by molar-refractivity contribution is -0.138. The fourth-order valence-electron chi connectivity index (χ4n) is 2.14. The van der Waals surface area contributed by atoms with Crippen LogP contribution in [0.1, 0.15) is 26.7 Å². The summed E-state index contributed by atoms with van der Waals surface area (Å²) in [5.74, 6) is -1.02. The zero-order chi connectivity index (χ0) is 13.7. The van der Waals surface area contributed by atoms with Crippen molar-refractivity contribution in [3.8, 4) is 0 Å². The van der Waals surface area contributed by atoms with E-state index < -0.39 is 12.0 Å². The quantitative estimate of drug-likeness (QED) is 0.773. The lowest BCUT2D eigenvalue weighted by Gasteiger charge is -2.36. The van der Waals surface area contributed by atoms with Gasteiger partial charge in [0.2, 0.25) is 0 Å². The first kappa shape index (κ1) is 14.8. The molecule has 1 saturated heterocycles. The number of amides is 2. The van der Waals surface area contributed by atoms with Crippen LogP contribution in [0, 0.1) is 0 Å². The van der Waals surface area contributed by atoms with Gasteiger partial charge < -0.3 is 20.2 Å². The van der Waals surface area contributed by atoms with Crippen LogP contribution in [0.25, 0.3) is 0 Å². The van der Waals surface area contributed by atoms with E-state index in [1.165, 1.54) is 6.92 Å². The van der Waals surface area contributed by atoms with E-state index in [0.29, 0.717) is 0 Å². The van der Waals surface area contributed by atoms with Gasteiger partial charge >= 0.3 is 12.0 Å². The largest absolute Gasteiger partial charge is 0.480 e. The molecule has 1 unspecified atom stereocenters. The molecule has 104 valence electrons. The molecule has 0 aromatic carbocycles. The molecule has 18 heavy (non-hydrogen) atoms. The highest BCUT2D eigenvalue weighted by Gasteiger charge is 2.26. The Morgan fingerprint density at radius 2 is 2.00 bits per heavy atom. The van der Waals surface area contributed by atoms with Crippen molar-refractivity contribution in [2.45, 2.75) is 38.8 Å². The van der Waals surface area contributed by atoms with Gasteiger partial charge in [-0.3, -0.25) is 4.79 Å². The number of carbonyl (C=O) groups is 2. The highest BCUT2D eigenvalue weighted by molar-refractivity contribution is 5.82. The Bertz CT molecular complexity index is 301. The maximum Gasteiger partial charge on any atom is 0.325 e. The van der Waals surface area contributed by atoms with Crippen molar-refractivity contribution in [1.82, 2.24) is 15.1 Å². The van der Waals surface area contributed by atoms with Gasteiger partial charge in [0, 0.05) is 26.2 Å². The normalized spacial score (nSPS) is 19.3. The minimum Gasteiger partial charge on any atom is -0.480 e. The third kappa shape index (κ3) is 3.87. The summed E-state index contributed by atoms with van der Waals surface area (Å²) < 4.78 is 0. The molecule has 0 aromatic heterocycles. The van der Waals surface area contributed by atoms with Gasteiger partial charge in [-0.25, -0.2) is 4.79 Å². The van der Waals surface area contributed by atoms with Crippen molar-refractivity contribution in [2.24, 2.45) is 0 Å². The molecular formula is C12H23N3O3. The molecule has 1 rings (SSSR count). The van der Waals surface area contributed by atoms with E-state index in [0.717, 1.165) is 32.5 Å². The van der Waals surface area contributed by atoms with Gasteiger partial charge in [-0.1, -0.05) is 6.92 Å². The van der Waals surface area contributed by atoms with Crippen LogP contribution < -0.4 is 5.32 Å². The number of hydrogen-bond donors (Lipinski definition) is 2. The summed E-state index contributed by atoms with van der Waals surface area (Å²) in [5, 5.41) is 11.2. The number of likely N-dealkylation sites (tertiary alicyclic amines) is 1. The molecule has 6 nitrogen and oxygen atoms in total. The van der Waals surface area contributed by atoms with Gasteiger partial charge in [-0.15, -0.1) is 0 Å². The number of piperidine rings is 1. The molecule has 0 aliphatic carbocycles. The lowest BCUT2D eigenvalue weighted by Crippen LogP contribution is -2.51. The average molecular weight is 257 g/mol. The van der Waals surface area contributed by atoms with Gasteiger partial charge in [0.1, 0.15) is 6.04 Å². The first-order valence-electron chi connectivity index (χ1n) is 6.44. The van der Waals surface area contributed by atoms with E-state index in [1.54, 1.807) is 11.9 Å². The van der Waals surface area contributed by atoms with Crippen LogP contribution in [0.5, 0.6) is 0 Å². The summed E-state index contributed by atoms with van der Waals surface area (Å²) in [7, 11) is 1.73. The maximum atomic E-state index is 11.8. The number of urea groups is 1. The second kappa shape index (κ2) is 6.58. The molecular weight excluding hydrogens is 234 g/mol. The molecule has 2 amide bonds. The highest BCUT2D eigenvalue weighted by Crippen LogP contribution is 2.15. The van der Waals surface area contributed by atoms with Gasteiger partial charge in [-0.05, 0) is 26.3 Å². The molecule has 1 aliphatic rings. The Morgan fingerprint density at radius 3 is 2.44 bits per heavy atom. The summed E-state index contributed by atoms with van der Waals surface area (Å²) >= 11 is 0. The SMILES string of the molecule is CCN1CCC(N(C)C(=O)NC(C)C(=O)O)CC1. The highest BCUT2D eigenvalue weighted by atomic mass is 16.4. The Balaban J connectivity index is 2.42. The monoisotopic (exact) mass is 257 g/mol. The van der Waals surface area contributed by atoms with Crippen LogP contribution >= 0.6 is 0 Å². The number of hydrogen-bond acceptors (Lipinski definition) is 3. The van der Waals surface area contributed by atoms with E-state index in [9.17, 15) is 9.59 Å². The smallest absolute Gasteiger partial charge is 0.325 e. The third-order valence-corrected chi connectivity index (χ3v) is 3.58. The summed E-state index contributed by atoms with van der Waals surface area (Å²) in [6.45, 7) is 6.62. The van der Waals surface area contributed by atoms with Crippen LogP contribution in [-0.4, -0.2) is 65.7 Å².